The maximum absolute atomic E-state index is 6.36. The third kappa shape index (κ3) is 5.45. The molecule has 1 aliphatic carbocycles. The van der Waals surface area contributed by atoms with Crippen LogP contribution in [0.15, 0.2) is 35.6 Å². The molecule has 1 fully saturated rings. The molecule has 0 saturated heterocycles. The number of guanidine groups is 1. The zero-order valence-corrected chi connectivity index (χ0v) is 16.9. The number of hydrogen-bond acceptors (Lipinski definition) is 3. The van der Waals surface area contributed by atoms with Gasteiger partial charge < -0.3 is 15.2 Å². The molecular formula is C20H29ClN6. The van der Waals surface area contributed by atoms with Gasteiger partial charge in [-0.25, -0.2) is 0 Å². The second-order valence-corrected chi connectivity index (χ2v) is 7.44. The van der Waals surface area contributed by atoms with Crippen molar-refractivity contribution in [2.24, 2.45) is 4.99 Å². The van der Waals surface area contributed by atoms with Crippen LogP contribution < -0.4 is 10.6 Å². The first-order chi connectivity index (χ1) is 13.2. The van der Waals surface area contributed by atoms with Gasteiger partial charge in [0.2, 0.25) is 0 Å². The summed E-state index contributed by atoms with van der Waals surface area (Å²) in [5.41, 5.74) is 1.08. The predicted molar refractivity (Wildman–Crippen MR) is 110 cm³/mol. The highest BCUT2D eigenvalue weighted by atomic mass is 35.5. The summed E-state index contributed by atoms with van der Waals surface area (Å²) in [6, 6.07) is 8.52. The highest BCUT2D eigenvalue weighted by molar-refractivity contribution is 6.31. The van der Waals surface area contributed by atoms with E-state index in [4.69, 9.17) is 16.6 Å². The zero-order valence-electron chi connectivity index (χ0n) is 16.2. The number of nitrogens with zero attached hydrogens (tertiary/aromatic N) is 4. The monoisotopic (exact) mass is 388 g/mol. The molecule has 0 amide bonds. The van der Waals surface area contributed by atoms with Crippen molar-refractivity contribution in [3.63, 3.8) is 0 Å². The van der Waals surface area contributed by atoms with Crippen molar-refractivity contribution in [2.45, 2.75) is 64.6 Å². The Labute approximate surface area is 166 Å². The van der Waals surface area contributed by atoms with Gasteiger partial charge in [0, 0.05) is 24.0 Å². The van der Waals surface area contributed by atoms with Crippen LogP contribution in [0.5, 0.6) is 0 Å². The van der Waals surface area contributed by atoms with Crippen molar-refractivity contribution in [2.75, 3.05) is 6.54 Å². The van der Waals surface area contributed by atoms with E-state index in [0.717, 1.165) is 35.3 Å². The van der Waals surface area contributed by atoms with E-state index in [1.165, 1.54) is 25.7 Å². The van der Waals surface area contributed by atoms with Gasteiger partial charge in [-0.05, 0) is 31.4 Å². The average Bonchev–Trinajstić information content (AvgIpc) is 3.33. The fraction of sp³-hybridized carbons (Fsp3) is 0.550. The van der Waals surface area contributed by atoms with Crippen LogP contribution in [0.4, 0.5) is 0 Å². The van der Waals surface area contributed by atoms with Crippen LogP contribution in [0.25, 0.3) is 0 Å². The summed E-state index contributed by atoms with van der Waals surface area (Å²) in [5.74, 6) is 1.84. The van der Waals surface area contributed by atoms with Gasteiger partial charge in [-0.1, -0.05) is 49.6 Å². The zero-order chi connectivity index (χ0) is 19.1. The lowest BCUT2D eigenvalue weighted by Crippen LogP contribution is -2.43. The number of hydrogen-bond donors (Lipinski definition) is 2. The molecular weight excluding hydrogens is 360 g/mol. The molecule has 1 atom stereocenters. The number of rotatable bonds is 7. The van der Waals surface area contributed by atoms with Gasteiger partial charge in [-0.3, -0.25) is 4.99 Å². The highest BCUT2D eigenvalue weighted by Crippen LogP contribution is 2.22. The summed E-state index contributed by atoms with van der Waals surface area (Å²) < 4.78 is 2.06. The first-order valence-electron chi connectivity index (χ1n) is 9.86. The standard InChI is InChI=1S/C20H29ClN6/c1-3-19-26-23-14-27(19)13-12-22-20(25-16-8-4-5-9-16)24-15(2)17-10-6-7-11-18(17)21/h6-7,10-11,14-16H,3-5,8-9,12-13H2,1-2H3,(H2,22,24,25). The molecule has 0 aliphatic heterocycles. The van der Waals surface area contributed by atoms with E-state index >= 15 is 0 Å². The minimum absolute atomic E-state index is 0.0764. The van der Waals surface area contributed by atoms with Crippen LogP contribution in [-0.4, -0.2) is 33.3 Å². The van der Waals surface area contributed by atoms with Crippen LogP contribution in [0.1, 0.15) is 57.0 Å². The fourth-order valence-corrected chi connectivity index (χ4v) is 3.81. The Balaban J connectivity index is 1.67. The molecule has 27 heavy (non-hydrogen) atoms. The maximum atomic E-state index is 6.36. The van der Waals surface area contributed by atoms with Gasteiger partial charge >= 0.3 is 0 Å². The van der Waals surface area contributed by atoms with E-state index in [1.54, 1.807) is 6.33 Å². The number of halogens is 1. The van der Waals surface area contributed by atoms with Gasteiger partial charge in [0.15, 0.2) is 5.96 Å². The molecule has 1 aromatic carbocycles. The van der Waals surface area contributed by atoms with Gasteiger partial charge in [-0.15, -0.1) is 10.2 Å². The molecule has 3 rings (SSSR count). The molecule has 6 nitrogen and oxygen atoms in total. The summed E-state index contributed by atoms with van der Waals surface area (Å²) in [6.07, 6.45) is 7.62. The van der Waals surface area contributed by atoms with Crippen molar-refractivity contribution in [1.29, 1.82) is 0 Å². The SMILES string of the molecule is CCc1nncn1CCN=C(NC1CCCC1)NC(C)c1ccccc1Cl. The van der Waals surface area contributed by atoms with Gasteiger partial charge in [0.1, 0.15) is 12.2 Å². The first kappa shape index (κ1) is 19.7. The van der Waals surface area contributed by atoms with Crippen molar-refractivity contribution < 1.29 is 0 Å². The molecule has 0 bridgehead atoms. The van der Waals surface area contributed by atoms with Crippen LogP contribution >= 0.6 is 11.6 Å². The summed E-state index contributed by atoms with van der Waals surface area (Å²) in [5, 5.41) is 16.0. The minimum atomic E-state index is 0.0764. The largest absolute Gasteiger partial charge is 0.354 e. The number of aromatic nitrogens is 3. The number of nitrogens with one attached hydrogen (secondary N) is 2. The van der Waals surface area contributed by atoms with Crippen LogP contribution in [0.2, 0.25) is 5.02 Å². The van der Waals surface area contributed by atoms with Crippen molar-refractivity contribution in [1.82, 2.24) is 25.4 Å². The van der Waals surface area contributed by atoms with E-state index in [1.807, 2.05) is 18.2 Å². The van der Waals surface area contributed by atoms with E-state index in [0.29, 0.717) is 12.6 Å². The Bertz CT molecular complexity index is 750. The first-order valence-corrected chi connectivity index (χ1v) is 10.2. The number of aryl methyl sites for hydroxylation is 1. The van der Waals surface area contributed by atoms with Gasteiger partial charge in [-0.2, -0.15) is 0 Å². The highest BCUT2D eigenvalue weighted by Gasteiger charge is 2.18. The molecule has 2 N–H and O–H groups in total. The molecule has 146 valence electrons. The molecule has 1 heterocycles. The van der Waals surface area contributed by atoms with Gasteiger partial charge in [0.25, 0.3) is 0 Å². The average molecular weight is 389 g/mol. The lowest BCUT2D eigenvalue weighted by atomic mass is 10.1. The fourth-order valence-electron chi connectivity index (χ4n) is 3.51. The molecule has 1 unspecified atom stereocenters. The Morgan fingerprint density at radius 3 is 2.85 bits per heavy atom. The topological polar surface area (TPSA) is 67.1 Å². The van der Waals surface area contributed by atoms with Crippen molar-refractivity contribution in [3.8, 4) is 0 Å². The Hall–Kier alpha value is -2.08. The lowest BCUT2D eigenvalue weighted by molar-refractivity contribution is 0.589. The molecule has 0 spiro atoms. The third-order valence-corrected chi connectivity index (χ3v) is 5.39. The quantitative estimate of drug-likeness (QED) is 0.560. The normalized spacial score (nSPS) is 16.5. The Morgan fingerprint density at radius 2 is 2.11 bits per heavy atom. The van der Waals surface area contributed by atoms with Crippen LogP contribution in [-0.2, 0) is 13.0 Å². The molecule has 0 radical (unpaired) electrons. The maximum Gasteiger partial charge on any atom is 0.192 e. The minimum Gasteiger partial charge on any atom is -0.354 e. The van der Waals surface area contributed by atoms with Crippen LogP contribution in [0, 0.1) is 0 Å². The second-order valence-electron chi connectivity index (χ2n) is 7.04. The number of aliphatic imine (C=N–C) groups is 1. The van der Waals surface area contributed by atoms with Crippen molar-refractivity contribution in [3.05, 3.63) is 47.0 Å². The van der Waals surface area contributed by atoms with E-state index in [2.05, 4.69) is 45.3 Å². The third-order valence-electron chi connectivity index (χ3n) is 5.04. The second kappa shape index (κ2) is 9.74. The van der Waals surface area contributed by atoms with Gasteiger partial charge in [0.05, 0.1) is 12.6 Å². The molecule has 7 heteroatoms. The number of benzene rings is 1. The summed E-state index contributed by atoms with van der Waals surface area (Å²) in [7, 11) is 0. The van der Waals surface area contributed by atoms with Crippen LogP contribution in [0.3, 0.4) is 0 Å². The smallest absolute Gasteiger partial charge is 0.192 e. The Morgan fingerprint density at radius 1 is 1.33 bits per heavy atom. The molecule has 1 saturated carbocycles. The summed E-state index contributed by atoms with van der Waals surface area (Å²) >= 11 is 6.36. The summed E-state index contributed by atoms with van der Waals surface area (Å²) in [4.78, 5) is 4.81. The lowest BCUT2D eigenvalue weighted by Gasteiger charge is -2.22. The van der Waals surface area contributed by atoms with E-state index in [9.17, 15) is 0 Å². The van der Waals surface area contributed by atoms with E-state index in [-0.39, 0.29) is 6.04 Å². The molecule has 1 aliphatic rings. The predicted octanol–water partition coefficient (Wildman–Crippen LogP) is 3.73. The van der Waals surface area contributed by atoms with E-state index < -0.39 is 0 Å². The Kier molecular flexibility index (Phi) is 7.10. The van der Waals surface area contributed by atoms with Crippen molar-refractivity contribution >= 4 is 17.6 Å². The summed E-state index contributed by atoms with van der Waals surface area (Å²) in [6.45, 7) is 5.64. The molecule has 1 aromatic heterocycles. The molecule has 2 aromatic rings.